The Kier molecular flexibility index (Phi) is 14.9. The van der Waals surface area contributed by atoms with Crippen molar-refractivity contribution < 1.29 is 0 Å². The minimum absolute atomic E-state index is 1.16. The van der Waals surface area contributed by atoms with Gasteiger partial charge in [0.25, 0.3) is 0 Å². The van der Waals surface area contributed by atoms with E-state index in [1.807, 2.05) is 0 Å². The van der Waals surface area contributed by atoms with Gasteiger partial charge in [0.05, 0.1) is 49.8 Å². The average Bonchev–Trinajstić information content (AvgIpc) is 1.57. The number of rotatable bonds is 10. The number of nitrogens with zero attached hydrogens (tertiary/aromatic N) is 4. The van der Waals surface area contributed by atoms with E-state index in [0.717, 1.165) is 17.1 Å². The van der Waals surface area contributed by atoms with Crippen molar-refractivity contribution in [3.05, 3.63) is 413 Å². The summed E-state index contributed by atoms with van der Waals surface area (Å²) in [5.74, 6) is 0. The van der Waals surface area contributed by atoms with Crippen LogP contribution in [0.5, 0.6) is 0 Å². The zero-order chi connectivity index (χ0) is 71.2. The van der Waals surface area contributed by atoms with Crippen LogP contribution in [0.2, 0.25) is 0 Å². The Labute approximate surface area is 625 Å². The molecule has 4 heteroatoms. The highest BCUT2D eigenvalue weighted by molar-refractivity contribution is 6.15. The predicted octanol–water partition coefficient (Wildman–Crippen LogP) is 28.1. The zero-order valence-electron chi connectivity index (χ0n) is 59.0. The number of hydrogen-bond donors (Lipinski definition) is 0. The van der Waals surface area contributed by atoms with Crippen LogP contribution in [0.15, 0.2) is 413 Å². The zero-order valence-corrected chi connectivity index (χ0v) is 59.0. The SMILES string of the molecule is c1ccc(-c2cccc(-n3c4ccccc4c4cc(-c5ccc6c(c5)c5ccccc5n6-c5cccc(-c6ccc7ccccc7c6)c5)ccc43)c2)cc1.c1ccc(-c2cccc(-n3c4ccccc4c4cc(-c5ccc6c(c5)c5ccccc5n6-c5ccccc5-c5ccc6ccccc6c5)ccc43)c2)cc1. The fourth-order valence-corrected chi connectivity index (χ4v) is 17.1. The van der Waals surface area contributed by atoms with Gasteiger partial charge in [-0.25, -0.2) is 0 Å². The molecule has 0 aliphatic rings. The molecule has 504 valence electrons. The van der Waals surface area contributed by atoms with E-state index >= 15 is 0 Å². The van der Waals surface area contributed by atoms with Gasteiger partial charge in [-0.3, -0.25) is 0 Å². The van der Waals surface area contributed by atoms with Crippen LogP contribution in [-0.2, 0) is 0 Å². The summed E-state index contributed by atoms with van der Waals surface area (Å²) in [6.07, 6.45) is 0. The van der Waals surface area contributed by atoms with Crippen LogP contribution in [0.25, 0.3) is 198 Å². The summed E-state index contributed by atoms with van der Waals surface area (Å²) in [7, 11) is 0. The first-order valence-electron chi connectivity index (χ1n) is 37.2. The summed E-state index contributed by atoms with van der Waals surface area (Å²) in [5.41, 5.74) is 28.8. The van der Waals surface area contributed by atoms with Crippen LogP contribution in [0.3, 0.4) is 0 Å². The Hall–Kier alpha value is -14.3. The maximum atomic E-state index is 2.44. The van der Waals surface area contributed by atoms with Crippen LogP contribution in [0.1, 0.15) is 0 Å². The van der Waals surface area contributed by atoms with Gasteiger partial charge in [0.2, 0.25) is 0 Å². The molecule has 4 heterocycles. The van der Waals surface area contributed by atoms with Gasteiger partial charge in [-0.2, -0.15) is 0 Å². The van der Waals surface area contributed by atoms with Crippen molar-refractivity contribution >= 4 is 109 Å². The van der Waals surface area contributed by atoms with Crippen LogP contribution in [-0.4, -0.2) is 18.3 Å². The van der Waals surface area contributed by atoms with Crippen molar-refractivity contribution in [2.75, 3.05) is 0 Å². The summed E-state index contributed by atoms with van der Waals surface area (Å²) in [5, 5.41) is 15.0. The van der Waals surface area contributed by atoms with Crippen molar-refractivity contribution in [3.8, 4) is 89.5 Å². The summed E-state index contributed by atoms with van der Waals surface area (Å²) in [4.78, 5) is 0. The smallest absolute Gasteiger partial charge is 0.0541 e. The van der Waals surface area contributed by atoms with E-state index in [1.54, 1.807) is 0 Å². The Morgan fingerprint density at radius 1 is 0.130 bits per heavy atom. The molecule has 22 rings (SSSR count). The first kappa shape index (κ1) is 62.3. The first-order valence-corrected chi connectivity index (χ1v) is 37.2. The number of fused-ring (bicyclic) bond motifs is 14. The van der Waals surface area contributed by atoms with E-state index in [2.05, 4.69) is 431 Å². The third-order valence-corrected chi connectivity index (χ3v) is 22.2. The Morgan fingerprint density at radius 2 is 0.398 bits per heavy atom. The molecule has 0 atom stereocenters. The van der Waals surface area contributed by atoms with Crippen molar-refractivity contribution in [2.24, 2.45) is 0 Å². The molecule has 0 saturated heterocycles. The fraction of sp³-hybridized carbons (Fsp3) is 0. The van der Waals surface area contributed by atoms with Gasteiger partial charge < -0.3 is 18.3 Å². The maximum absolute atomic E-state index is 2.44. The van der Waals surface area contributed by atoms with Crippen LogP contribution in [0.4, 0.5) is 0 Å². The highest BCUT2D eigenvalue weighted by Crippen LogP contribution is 2.44. The second-order valence-corrected chi connectivity index (χ2v) is 28.4. The monoisotopic (exact) mass is 1370 g/mol. The molecule has 0 aliphatic carbocycles. The van der Waals surface area contributed by atoms with E-state index in [9.17, 15) is 0 Å². The number of hydrogen-bond acceptors (Lipinski definition) is 0. The van der Waals surface area contributed by atoms with Crippen molar-refractivity contribution in [1.29, 1.82) is 0 Å². The van der Waals surface area contributed by atoms with Crippen molar-refractivity contribution in [2.45, 2.75) is 0 Å². The lowest BCUT2D eigenvalue weighted by Gasteiger charge is -2.15. The molecule has 0 N–H and O–H groups in total. The van der Waals surface area contributed by atoms with Gasteiger partial charge >= 0.3 is 0 Å². The Balaban J connectivity index is 0.000000138. The molecule has 0 spiro atoms. The minimum Gasteiger partial charge on any atom is -0.309 e. The third-order valence-electron chi connectivity index (χ3n) is 22.2. The average molecular weight is 1370 g/mol. The molecule has 0 amide bonds. The quantitative estimate of drug-likeness (QED) is 0.130. The topological polar surface area (TPSA) is 19.7 Å². The molecule has 22 aromatic rings. The molecule has 0 unspecified atom stereocenters. The Bertz CT molecular complexity index is 7310. The largest absolute Gasteiger partial charge is 0.309 e. The highest BCUT2D eigenvalue weighted by atomic mass is 15.0. The van der Waals surface area contributed by atoms with Gasteiger partial charge in [0.15, 0.2) is 0 Å². The molecular formula is C104H68N4. The molecular weight excluding hydrogens is 1310 g/mol. The Morgan fingerprint density at radius 3 is 0.815 bits per heavy atom. The summed E-state index contributed by atoms with van der Waals surface area (Å²) in [6, 6.07) is 150. The molecule has 18 aromatic carbocycles. The molecule has 0 radical (unpaired) electrons. The van der Waals surface area contributed by atoms with Crippen LogP contribution < -0.4 is 0 Å². The van der Waals surface area contributed by atoms with Gasteiger partial charge in [0, 0.05) is 65.7 Å². The maximum Gasteiger partial charge on any atom is 0.0541 e. The number of para-hydroxylation sites is 5. The van der Waals surface area contributed by atoms with Gasteiger partial charge in [-0.05, 0) is 210 Å². The molecule has 4 nitrogen and oxygen atoms in total. The van der Waals surface area contributed by atoms with Crippen molar-refractivity contribution in [3.63, 3.8) is 0 Å². The molecule has 0 aliphatic heterocycles. The second-order valence-electron chi connectivity index (χ2n) is 28.4. The summed E-state index contributed by atoms with van der Waals surface area (Å²) < 4.78 is 9.67. The first-order chi connectivity index (χ1) is 53.5. The summed E-state index contributed by atoms with van der Waals surface area (Å²) in [6.45, 7) is 0. The lowest BCUT2D eigenvalue weighted by molar-refractivity contribution is 1.18. The lowest BCUT2D eigenvalue weighted by Crippen LogP contribution is -1.97. The minimum atomic E-state index is 1.16. The molecule has 4 aromatic heterocycles. The van der Waals surface area contributed by atoms with Gasteiger partial charge in [-0.1, -0.05) is 285 Å². The van der Waals surface area contributed by atoms with E-state index in [-0.39, 0.29) is 0 Å². The standard InChI is InChI=1S/2C52H34N2/c1-2-13-35(14-3-1)38-17-12-18-42(32-38)53-49-23-10-7-20-44(49)46-33-39(27-29-51(46)53)40-28-30-52-47(34-40)45-21-8-11-24-50(45)54(52)48-22-9-6-19-43(48)41-26-25-36-15-4-5-16-37(36)31-41;1-2-12-35(13-3-1)38-16-10-18-43(31-38)53-49-22-8-6-20-45(49)47-33-41(26-28-51(47)53)42-27-29-52-48(34-42)46-21-7-9-23-50(46)54(52)44-19-11-17-39(32-44)40-25-24-36-14-4-5-15-37(36)30-40/h2*1-34H. The lowest BCUT2D eigenvalue weighted by atomic mass is 9.99. The highest BCUT2D eigenvalue weighted by Gasteiger charge is 2.21. The normalized spacial score (nSPS) is 11.7. The molecule has 0 bridgehead atoms. The van der Waals surface area contributed by atoms with E-state index in [1.165, 1.54) is 181 Å². The molecule has 108 heavy (non-hydrogen) atoms. The van der Waals surface area contributed by atoms with Crippen LogP contribution in [0, 0.1) is 0 Å². The molecule has 0 fully saturated rings. The second kappa shape index (κ2) is 25.8. The summed E-state index contributed by atoms with van der Waals surface area (Å²) >= 11 is 0. The van der Waals surface area contributed by atoms with Crippen LogP contribution >= 0.6 is 0 Å². The fourth-order valence-electron chi connectivity index (χ4n) is 17.1. The van der Waals surface area contributed by atoms with Crippen molar-refractivity contribution in [1.82, 2.24) is 18.3 Å². The van der Waals surface area contributed by atoms with E-state index < -0.39 is 0 Å². The number of aromatic nitrogens is 4. The third kappa shape index (κ3) is 10.6. The van der Waals surface area contributed by atoms with E-state index in [4.69, 9.17) is 0 Å². The van der Waals surface area contributed by atoms with Gasteiger partial charge in [-0.15, -0.1) is 0 Å². The predicted molar refractivity (Wildman–Crippen MR) is 458 cm³/mol. The van der Waals surface area contributed by atoms with Gasteiger partial charge in [0.1, 0.15) is 0 Å². The molecule has 0 saturated carbocycles. The van der Waals surface area contributed by atoms with E-state index in [0.29, 0.717) is 0 Å². The number of benzene rings is 18.